The molecular weight excluding hydrogens is 376 g/mol. The number of aryl methyl sites for hydroxylation is 1. The van der Waals surface area contributed by atoms with Crippen molar-refractivity contribution in [2.24, 2.45) is 0 Å². The van der Waals surface area contributed by atoms with Crippen LogP contribution in [-0.4, -0.2) is 29.2 Å². The highest BCUT2D eigenvalue weighted by Crippen LogP contribution is 2.19. The zero-order valence-electron chi connectivity index (χ0n) is 12.7. The molecule has 0 aliphatic heterocycles. The van der Waals surface area contributed by atoms with Crippen molar-refractivity contribution in [2.45, 2.75) is 11.8 Å². The zero-order chi connectivity index (χ0) is 17.8. The molecule has 0 atom stereocenters. The van der Waals surface area contributed by atoms with Crippen molar-refractivity contribution in [3.05, 3.63) is 59.1 Å². The number of halogens is 1. The minimum absolute atomic E-state index is 0.107. The summed E-state index contributed by atoms with van der Waals surface area (Å²) in [5, 5.41) is 0.378. The van der Waals surface area contributed by atoms with E-state index in [1.807, 2.05) is 0 Å². The molecule has 0 heterocycles. The first-order valence-corrected chi connectivity index (χ1v) is 10.2. The van der Waals surface area contributed by atoms with Gasteiger partial charge in [0.2, 0.25) is 0 Å². The van der Waals surface area contributed by atoms with Crippen LogP contribution in [0.25, 0.3) is 0 Å². The third kappa shape index (κ3) is 5.20. The lowest BCUT2D eigenvalue weighted by atomic mass is 10.2. The number of hydrogen-bond donors (Lipinski definition) is 0. The third-order valence-electron chi connectivity index (χ3n) is 2.98. The van der Waals surface area contributed by atoms with Crippen LogP contribution in [-0.2, 0) is 24.4 Å². The number of para-hydroxylation sites is 1. The fourth-order valence-electron chi connectivity index (χ4n) is 1.74. The van der Waals surface area contributed by atoms with Gasteiger partial charge in [0.25, 0.3) is 10.1 Å². The first-order valence-electron chi connectivity index (χ1n) is 6.82. The van der Waals surface area contributed by atoms with Crippen LogP contribution in [0, 0.1) is 6.92 Å². The summed E-state index contributed by atoms with van der Waals surface area (Å²) < 4.78 is 57.4. The first kappa shape index (κ1) is 18.7. The van der Waals surface area contributed by atoms with Crippen LogP contribution in [0.15, 0.2) is 53.4 Å². The van der Waals surface area contributed by atoms with E-state index in [-0.39, 0.29) is 10.6 Å². The average Bonchev–Trinajstić information content (AvgIpc) is 2.49. The Morgan fingerprint density at radius 1 is 0.958 bits per heavy atom. The van der Waals surface area contributed by atoms with Crippen molar-refractivity contribution in [1.82, 2.24) is 0 Å². The van der Waals surface area contributed by atoms with Gasteiger partial charge in [0, 0.05) is 5.02 Å². The number of benzene rings is 2. The SMILES string of the molecule is Cc1ccccc1OS(=O)(=O)CCOS(=O)(=O)c1ccc(Cl)cc1. The second kappa shape index (κ2) is 7.52. The molecule has 2 aromatic carbocycles. The van der Waals surface area contributed by atoms with E-state index in [1.165, 1.54) is 30.3 Å². The van der Waals surface area contributed by atoms with Gasteiger partial charge >= 0.3 is 10.1 Å². The monoisotopic (exact) mass is 390 g/mol. The molecule has 0 aromatic heterocycles. The van der Waals surface area contributed by atoms with E-state index in [2.05, 4.69) is 0 Å². The van der Waals surface area contributed by atoms with E-state index in [9.17, 15) is 16.8 Å². The third-order valence-corrected chi connectivity index (χ3v) is 5.66. The topological polar surface area (TPSA) is 86.7 Å². The van der Waals surface area contributed by atoms with Gasteiger partial charge in [-0.05, 0) is 42.8 Å². The van der Waals surface area contributed by atoms with Crippen LogP contribution >= 0.6 is 11.6 Å². The summed E-state index contributed by atoms with van der Waals surface area (Å²) in [7, 11) is -8.04. The Bertz CT molecular complexity index is 905. The normalized spacial score (nSPS) is 12.1. The maximum Gasteiger partial charge on any atom is 0.311 e. The molecule has 0 amide bonds. The van der Waals surface area contributed by atoms with E-state index in [1.54, 1.807) is 25.1 Å². The Balaban J connectivity index is 1.97. The molecule has 0 spiro atoms. The maximum absolute atomic E-state index is 11.9. The first-order chi connectivity index (χ1) is 11.2. The molecule has 2 rings (SSSR count). The van der Waals surface area contributed by atoms with E-state index < -0.39 is 32.6 Å². The number of hydrogen-bond acceptors (Lipinski definition) is 6. The summed E-state index contributed by atoms with van der Waals surface area (Å²) in [6.45, 7) is 1.14. The highest BCUT2D eigenvalue weighted by Gasteiger charge is 2.19. The molecule has 0 radical (unpaired) electrons. The van der Waals surface area contributed by atoms with Crippen molar-refractivity contribution in [3.63, 3.8) is 0 Å². The van der Waals surface area contributed by atoms with E-state index in [0.717, 1.165) is 0 Å². The Labute approximate surface area is 146 Å². The molecule has 6 nitrogen and oxygen atoms in total. The lowest BCUT2D eigenvalue weighted by molar-refractivity contribution is 0.335. The van der Waals surface area contributed by atoms with Gasteiger partial charge in [-0.15, -0.1) is 0 Å². The number of rotatable bonds is 7. The predicted octanol–water partition coefficient (Wildman–Crippen LogP) is 2.76. The minimum atomic E-state index is -4.06. The molecule has 2 aromatic rings. The molecule has 130 valence electrons. The Morgan fingerprint density at radius 3 is 2.21 bits per heavy atom. The van der Waals surface area contributed by atoms with Gasteiger partial charge < -0.3 is 4.18 Å². The zero-order valence-corrected chi connectivity index (χ0v) is 15.1. The Kier molecular flexibility index (Phi) is 5.87. The quantitative estimate of drug-likeness (QED) is 0.675. The van der Waals surface area contributed by atoms with Crippen LogP contribution in [0.1, 0.15) is 5.56 Å². The fourth-order valence-corrected chi connectivity index (χ4v) is 3.71. The molecule has 0 aliphatic carbocycles. The molecule has 0 unspecified atom stereocenters. The van der Waals surface area contributed by atoms with Crippen LogP contribution in [0.4, 0.5) is 0 Å². The molecule has 24 heavy (non-hydrogen) atoms. The van der Waals surface area contributed by atoms with Gasteiger partial charge in [-0.2, -0.15) is 16.8 Å². The van der Waals surface area contributed by atoms with Crippen molar-refractivity contribution < 1.29 is 25.2 Å². The van der Waals surface area contributed by atoms with E-state index >= 15 is 0 Å². The average molecular weight is 391 g/mol. The summed E-state index contributed by atoms with van der Waals surface area (Å²) in [5.41, 5.74) is 0.649. The lowest BCUT2D eigenvalue weighted by Crippen LogP contribution is -2.20. The highest BCUT2D eigenvalue weighted by atomic mass is 35.5. The fraction of sp³-hybridized carbons (Fsp3) is 0.200. The van der Waals surface area contributed by atoms with Crippen molar-refractivity contribution in [3.8, 4) is 5.75 Å². The molecule has 0 aliphatic rings. The van der Waals surface area contributed by atoms with Gasteiger partial charge in [0.05, 0.1) is 11.5 Å². The van der Waals surface area contributed by atoms with Gasteiger partial charge in [-0.1, -0.05) is 29.8 Å². The molecule has 0 fully saturated rings. The smallest absolute Gasteiger partial charge is 0.311 e. The molecule has 0 saturated heterocycles. The second-order valence-corrected chi connectivity index (χ2v) is 8.58. The van der Waals surface area contributed by atoms with Crippen LogP contribution in [0.5, 0.6) is 5.75 Å². The summed E-state index contributed by atoms with van der Waals surface area (Å²) in [6, 6.07) is 11.9. The molecule has 0 N–H and O–H groups in total. The van der Waals surface area contributed by atoms with Crippen LogP contribution in [0.3, 0.4) is 0 Å². The molecular formula is C15H15ClO6S2. The molecule has 9 heteroatoms. The molecule has 0 bridgehead atoms. The highest BCUT2D eigenvalue weighted by molar-refractivity contribution is 7.87. The van der Waals surface area contributed by atoms with Gasteiger partial charge in [-0.25, -0.2) is 0 Å². The summed E-state index contributed by atoms with van der Waals surface area (Å²) >= 11 is 5.68. The molecule has 0 saturated carbocycles. The largest absolute Gasteiger partial charge is 0.382 e. The maximum atomic E-state index is 11.9. The van der Waals surface area contributed by atoms with Crippen molar-refractivity contribution in [2.75, 3.05) is 12.4 Å². The van der Waals surface area contributed by atoms with E-state index in [4.69, 9.17) is 20.0 Å². The summed E-state index contributed by atoms with van der Waals surface area (Å²) in [6.07, 6.45) is 0. The summed E-state index contributed by atoms with van der Waals surface area (Å²) in [5.74, 6) is -0.410. The summed E-state index contributed by atoms with van der Waals surface area (Å²) in [4.78, 5) is -0.107. The van der Waals surface area contributed by atoms with Gasteiger partial charge in [0.15, 0.2) is 0 Å². The lowest BCUT2D eigenvalue weighted by Gasteiger charge is -2.09. The van der Waals surface area contributed by atoms with Crippen LogP contribution in [0.2, 0.25) is 5.02 Å². The van der Waals surface area contributed by atoms with E-state index in [0.29, 0.717) is 10.6 Å². The van der Waals surface area contributed by atoms with Gasteiger partial charge in [0.1, 0.15) is 11.5 Å². The second-order valence-electron chi connectivity index (χ2n) is 4.84. The minimum Gasteiger partial charge on any atom is -0.382 e. The van der Waals surface area contributed by atoms with Crippen molar-refractivity contribution >= 4 is 31.8 Å². The van der Waals surface area contributed by atoms with Crippen molar-refractivity contribution in [1.29, 1.82) is 0 Å². The van der Waals surface area contributed by atoms with Crippen LogP contribution < -0.4 is 4.18 Å². The van der Waals surface area contributed by atoms with Gasteiger partial charge in [-0.3, -0.25) is 4.18 Å². The Morgan fingerprint density at radius 2 is 1.58 bits per heavy atom. The standard InChI is InChI=1S/C15H15ClO6S2/c1-12-4-2-3-5-15(12)22-23(17,18)11-10-21-24(19,20)14-8-6-13(16)7-9-14/h2-9H,10-11H2,1H3. The Hall–Kier alpha value is -1.61. The predicted molar refractivity (Wildman–Crippen MR) is 90.2 cm³/mol.